The Hall–Kier alpha value is -3.53. The molecule has 160 valence electrons. The molecule has 0 fully saturated rings. The van der Waals surface area contributed by atoms with Gasteiger partial charge < -0.3 is 9.73 Å². The number of aromatic nitrogens is 5. The van der Waals surface area contributed by atoms with Gasteiger partial charge in [0.1, 0.15) is 6.04 Å². The molecule has 0 aliphatic carbocycles. The van der Waals surface area contributed by atoms with Crippen molar-refractivity contribution >= 4 is 17.2 Å². The van der Waals surface area contributed by atoms with Gasteiger partial charge in [0.25, 0.3) is 5.56 Å². The highest BCUT2D eigenvalue weighted by Crippen LogP contribution is 2.28. The Morgan fingerprint density at radius 3 is 2.71 bits per heavy atom. The summed E-state index contributed by atoms with van der Waals surface area (Å²) in [5.41, 5.74) is 2.20. The van der Waals surface area contributed by atoms with Crippen LogP contribution in [0.1, 0.15) is 34.9 Å². The average Bonchev–Trinajstić information content (AvgIpc) is 3.46. The van der Waals surface area contributed by atoms with Crippen molar-refractivity contribution in [2.75, 3.05) is 0 Å². The minimum Gasteiger partial charge on any atom is -0.462 e. The highest BCUT2D eigenvalue weighted by atomic mass is 32.1. The van der Waals surface area contributed by atoms with Crippen molar-refractivity contribution in [2.45, 2.75) is 40.3 Å². The van der Waals surface area contributed by atoms with Gasteiger partial charge in [0.2, 0.25) is 5.91 Å². The second-order valence-corrected chi connectivity index (χ2v) is 8.30. The summed E-state index contributed by atoms with van der Waals surface area (Å²) in [5.74, 6) is 0.856. The van der Waals surface area contributed by atoms with E-state index in [-0.39, 0.29) is 11.5 Å². The molecular weight excluding hydrogens is 416 g/mol. The molecule has 0 saturated carbocycles. The zero-order chi connectivity index (χ0) is 22.1. The molecule has 1 unspecified atom stereocenters. The van der Waals surface area contributed by atoms with Gasteiger partial charge in [-0.15, -0.1) is 16.4 Å². The summed E-state index contributed by atoms with van der Waals surface area (Å²) >= 11 is 1.46. The van der Waals surface area contributed by atoms with Crippen LogP contribution in [0.5, 0.6) is 0 Å². The quantitative estimate of drug-likeness (QED) is 0.496. The third-order valence-electron chi connectivity index (χ3n) is 4.83. The van der Waals surface area contributed by atoms with E-state index in [1.807, 2.05) is 32.9 Å². The topological polar surface area (TPSA) is 108 Å². The standard InChI is InChI=1S/C21H22N6O3S/c1-12-10-13(2)26(24-12)18-7-8-19(28)27(25-18)15(4)20(29)22-11-17-14(3)23-21(31-17)16-6-5-9-30-16/h5-10,15H,11H2,1-4H3,(H,22,29). The van der Waals surface area contributed by atoms with Crippen molar-refractivity contribution in [1.29, 1.82) is 0 Å². The number of carbonyl (C=O) groups excluding carboxylic acids is 1. The predicted octanol–water partition coefficient (Wildman–Crippen LogP) is 2.95. The molecule has 10 heteroatoms. The minimum atomic E-state index is -0.790. The largest absolute Gasteiger partial charge is 0.462 e. The molecule has 0 radical (unpaired) electrons. The van der Waals surface area contributed by atoms with Crippen molar-refractivity contribution in [3.8, 4) is 16.6 Å². The lowest BCUT2D eigenvalue weighted by molar-refractivity contribution is -0.124. The van der Waals surface area contributed by atoms with Gasteiger partial charge >= 0.3 is 0 Å². The fourth-order valence-electron chi connectivity index (χ4n) is 3.19. The summed E-state index contributed by atoms with van der Waals surface area (Å²) in [4.78, 5) is 30.6. The molecule has 4 rings (SSSR count). The van der Waals surface area contributed by atoms with Crippen LogP contribution in [0.4, 0.5) is 0 Å². The van der Waals surface area contributed by atoms with E-state index in [1.54, 1.807) is 30.0 Å². The second-order valence-electron chi connectivity index (χ2n) is 7.21. The summed E-state index contributed by atoms with van der Waals surface area (Å²) < 4.78 is 8.21. The van der Waals surface area contributed by atoms with E-state index in [0.29, 0.717) is 18.1 Å². The first-order chi connectivity index (χ1) is 14.8. The summed E-state index contributed by atoms with van der Waals surface area (Å²) in [6, 6.07) is 7.77. The Morgan fingerprint density at radius 2 is 2.03 bits per heavy atom. The molecule has 1 N–H and O–H groups in total. The first-order valence-corrected chi connectivity index (χ1v) is 10.6. The number of carbonyl (C=O) groups is 1. The number of aryl methyl sites for hydroxylation is 3. The van der Waals surface area contributed by atoms with Crippen LogP contribution in [0.15, 0.2) is 45.8 Å². The summed E-state index contributed by atoms with van der Waals surface area (Å²) in [5, 5.41) is 12.4. The molecule has 9 nitrogen and oxygen atoms in total. The van der Waals surface area contributed by atoms with Gasteiger partial charge in [0, 0.05) is 16.6 Å². The zero-order valence-corrected chi connectivity index (χ0v) is 18.4. The molecule has 0 bridgehead atoms. The number of amides is 1. The molecule has 0 spiro atoms. The summed E-state index contributed by atoms with van der Waals surface area (Å²) in [6.45, 7) is 7.62. The molecule has 0 aliphatic heterocycles. The predicted molar refractivity (Wildman–Crippen MR) is 116 cm³/mol. The van der Waals surface area contributed by atoms with Crippen molar-refractivity contribution < 1.29 is 9.21 Å². The van der Waals surface area contributed by atoms with Gasteiger partial charge in [0.05, 0.1) is 24.2 Å². The molecular formula is C21H22N6O3S. The second kappa shape index (κ2) is 8.31. The van der Waals surface area contributed by atoms with Crippen LogP contribution in [0, 0.1) is 20.8 Å². The highest BCUT2D eigenvalue weighted by molar-refractivity contribution is 7.15. The van der Waals surface area contributed by atoms with Crippen LogP contribution >= 0.6 is 11.3 Å². The Labute approximate surface area is 182 Å². The van der Waals surface area contributed by atoms with Gasteiger partial charge in [-0.25, -0.2) is 14.3 Å². The molecule has 0 aliphatic rings. The number of thiazole rings is 1. The van der Waals surface area contributed by atoms with E-state index < -0.39 is 6.04 Å². The van der Waals surface area contributed by atoms with E-state index in [2.05, 4.69) is 20.5 Å². The molecule has 0 aromatic carbocycles. The van der Waals surface area contributed by atoms with E-state index in [4.69, 9.17) is 4.42 Å². The zero-order valence-electron chi connectivity index (χ0n) is 17.6. The number of hydrogen-bond acceptors (Lipinski definition) is 7. The van der Waals surface area contributed by atoms with Crippen LogP contribution < -0.4 is 10.9 Å². The molecule has 4 heterocycles. The fourth-order valence-corrected chi connectivity index (χ4v) is 4.16. The Balaban J connectivity index is 1.50. The monoisotopic (exact) mass is 438 g/mol. The van der Waals surface area contributed by atoms with E-state index in [9.17, 15) is 9.59 Å². The van der Waals surface area contributed by atoms with E-state index in [1.165, 1.54) is 22.1 Å². The van der Waals surface area contributed by atoms with Crippen molar-refractivity contribution in [3.63, 3.8) is 0 Å². The first-order valence-electron chi connectivity index (χ1n) is 9.75. The van der Waals surface area contributed by atoms with Gasteiger partial charge in [-0.2, -0.15) is 5.10 Å². The Kier molecular flexibility index (Phi) is 5.55. The fraction of sp³-hybridized carbons (Fsp3) is 0.286. The lowest BCUT2D eigenvalue weighted by atomic mass is 10.3. The number of nitrogens with zero attached hydrogens (tertiary/aromatic N) is 5. The van der Waals surface area contributed by atoms with Crippen LogP contribution in [0.25, 0.3) is 16.6 Å². The van der Waals surface area contributed by atoms with E-state index >= 15 is 0 Å². The van der Waals surface area contributed by atoms with Crippen molar-refractivity contribution in [3.05, 3.63) is 68.9 Å². The number of rotatable bonds is 6. The third-order valence-corrected chi connectivity index (χ3v) is 6.00. The minimum absolute atomic E-state index is 0.305. The Morgan fingerprint density at radius 1 is 1.23 bits per heavy atom. The number of nitrogens with one attached hydrogen (secondary N) is 1. The van der Waals surface area contributed by atoms with Crippen molar-refractivity contribution in [2.24, 2.45) is 0 Å². The van der Waals surface area contributed by atoms with Gasteiger partial charge in [-0.05, 0) is 52.0 Å². The maximum absolute atomic E-state index is 12.8. The van der Waals surface area contributed by atoms with Crippen LogP contribution in [0.2, 0.25) is 0 Å². The number of furan rings is 1. The maximum atomic E-state index is 12.8. The third kappa shape index (κ3) is 4.19. The molecule has 31 heavy (non-hydrogen) atoms. The SMILES string of the molecule is Cc1cc(C)n(-c2ccc(=O)n(C(C)C(=O)NCc3sc(-c4ccco4)nc3C)n2)n1. The molecule has 0 saturated heterocycles. The van der Waals surface area contributed by atoms with E-state index in [0.717, 1.165) is 27.0 Å². The average molecular weight is 439 g/mol. The smallest absolute Gasteiger partial charge is 0.267 e. The summed E-state index contributed by atoms with van der Waals surface area (Å²) in [7, 11) is 0. The maximum Gasteiger partial charge on any atom is 0.267 e. The van der Waals surface area contributed by atoms with Crippen LogP contribution in [0.3, 0.4) is 0 Å². The van der Waals surface area contributed by atoms with Gasteiger partial charge in [-0.1, -0.05) is 0 Å². The highest BCUT2D eigenvalue weighted by Gasteiger charge is 2.20. The summed E-state index contributed by atoms with van der Waals surface area (Å²) in [6.07, 6.45) is 1.60. The normalized spacial score (nSPS) is 12.1. The molecule has 1 atom stereocenters. The van der Waals surface area contributed by atoms with Gasteiger partial charge in [-0.3, -0.25) is 9.59 Å². The van der Waals surface area contributed by atoms with Crippen LogP contribution in [-0.2, 0) is 11.3 Å². The Bertz CT molecular complexity index is 1280. The van der Waals surface area contributed by atoms with Crippen molar-refractivity contribution in [1.82, 2.24) is 29.9 Å². The lowest BCUT2D eigenvalue weighted by Gasteiger charge is -2.15. The first kappa shape index (κ1) is 20.7. The lowest BCUT2D eigenvalue weighted by Crippen LogP contribution is -2.37. The van der Waals surface area contributed by atoms with Crippen LogP contribution in [-0.4, -0.2) is 30.5 Å². The molecule has 1 amide bonds. The molecule has 4 aromatic heterocycles. The molecule has 4 aromatic rings. The van der Waals surface area contributed by atoms with Gasteiger partial charge in [0.15, 0.2) is 16.6 Å². The number of hydrogen-bond donors (Lipinski definition) is 1.